The maximum Gasteiger partial charge on any atom is 0.337 e. The van der Waals surface area contributed by atoms with Crippen molar-refractivity contribution in [1.29, 1.82) is 0 Å². The van der Waals surface area contributed by atoms with Crippen LogP contribution in [-0.4, -0.2) is 25.1 Å². The number of hydrogen-bond donors (Lipinski definition) is 1. The van der Waals surface area contributed by atoms with Gasteiger partial charge in [0.2, 0.25) is 0 Å². The summed E-state index contributed by atoms with van der Waals surface area (Å²) in [5.41, 5.74) is 0.340. The van der Waals surface area contributed by atoms with Crippen LogP contribution in [0.1, 0.15) is 17.3 Å². The Labute approximate surface area is 143 Å². The van der Waals surface area contributed by atoms with Crippen molar-refractivity contribution in [2.45, 2.75) is 13.0 Å². The van der Waals surface area contributed by atoms with Gasteiger partial charge in [0.05, 0.1) is 23.4 Å². The molecule has 0 radical (unpaired) electrons. The minimum absolute atomic E-state index is 0.0241. The van der Waals surface area contributed by atoms with Crippen molar-refractivity contribution in [3.63, 3.8) is 0 Å². The first-order chi connectivity index (χ1) is 11.4. The van der Waals surface area contributed by atoms with Gasteiger partial charge in [-0.25, -0.2) is 9.18 Å². The van der Waals surface area contributed by atoms with Crippen molar-refractivity contribution in [3.05, 3.63) is 58.9 Å². The van der Waals surface area contributed by atoms with Crippen LogP contribution in [0.3, 0.4) is 0 Å². The number of hydrogen-bond acceptors (Lipinski definition) is 4. The van der Waals surface area contributed by atoms with Gasteiger partial charge in [-0.2, -0.15) is 0 Å². The molecule has 1 N–H and O–H groups in total. The summed E-state index contributed by atoms with van der Waals surface area (Å²) in [6.07, 6.45) is -0.882. The highest BCUT2D eigenvalue weighted by Crippen LogP contribution is 2.22. The van der Waals surface area contributed by atoms with E-state index in [1.807, 2.05) is 0 Å². The number of anilines is 1. The lowest BCUT2D eigenvalue weighted by atomic mass is 10.2. The number of amides is 1. The normalized spacial score (nSPS) is 11.5. The minimum Gasteiger partial charge on any atom is -0.481 e. The van der Waals surface area contributed by atoms with E-state index in [0.717, 1.165) is 0 Å². The van der Waals surface area contributed by atoms with Crippen LogP contribution in [0.25, 0.3) is 0 Å². The van der Waals surface area contributed by atoms with Gasteiger partial charge in [-0.3, -0.25) is 4.79 Å². The molecule has 2 rings (SSSR count). The van der Waals surface area contributed by atoms with Crippen molar-refractivity contribution >= 4 is 29.2 Å². The molecule has 126 valence electrons. The Kier molecular flexibility index (Phi) is 5.76. The van der Waals surface area contributed by atoms with E-state index in [4.69, 9.17) is 16.3 Å². The highest BCUT2D eigenvalue weighted by Gasteiger charge is 2.17. The van der Waals surface area contributed by atoms with Gasteiger partial charge in [-0.05, 0) is 43.3 Å². The number of methoxy groups -OCH3 is 1. The molecule has 0 saturated heterocycles. The lowest BCUT2D eigenvalue weighted by molar-refractivity contribution is -0.122. The molecule has 0 aromatic heterocycles. The Morgan fingerprint density at radius 1 is 1.17 bits per heavy atom. The number of carbonyl (C=O) groups excluding carboxylic acids is 2. The molecule has 0 aliphatic rings. The molecule has 24 heavy (non-hydrogen) atoms. The van der Waals surface area contributed by atoms with Gasteiger partial charge in [0.15, 0.2) is 11.9 Å². The van der Waals surface area contributed by atoms with E-state index in [1.165, 1.54) is 56.5 Å². The van der Waals surface area contributed by atoms with E-state index in [0.29, 0.717) is 11.3 Å². The monoisotopic (exact) mass is 351 g/mol. The number of esters is 1. The number of halogens is 2. The third-order valence-electron chi connectivity index (χ3n) is 3.17. The van der Waals surface area contributed by atoms with E-state index in [2.05, 4.69) is 10.1 Å². The third kappa shape index (κ3) is 4.23. The van der Waals surface area contributed by atoms with Crippen LogP contribution < -0.4 is 10.1 Å². The first-order valence-corrected chi connectivity index (χ1v) is 7.40. The molecular weight excluding hydrogens is 337 g/mol. The topological polar surface area (TPSA) is 64.6 Å². The van der Waals surface area contributed by atoms with Gasteiger partial charge in [-0.15, -0.1) is 0 Å². The molecule has 0 bridgehead atoms. The second kappa shape index (κ2) is 7.79. The zero-order valence-electron chi connectivity index (χ0n) is 13.0. The Hall–Kier alpha value is -2.60. The summed E-state index contributed by atoms with van der Waals surface area (Å²) in [4.78, 5) is 23.4. The molecule has 0 aliphatic heterocycles. The van der Waals surface area contributed by atoms with Crippen molar-refractivity contribution < 1.29 is 23.5 Å². The van der Waals surface area contributed by atoms with Crippen LogP contribution >= 0.6 is 11.6 Å². The molecule has 5 nitrogen and oxygen atoms in total. The van der Waals surface area contributed by atoms with Crippen LogP contribution in [0, 0.1) is 5.82 Å². The fourth-order valence-corrected chi connectivity index (χ4v) is 2.05. The number of rotatable bonds is 5. The van der Waals surface area contributed by atoms with Crippen molar-refractivity contribution in [1.82, 2.24) is 0 Å². The van der Waals surface area contributed by atoms with Crippen LogP contribution in [0.2, 0.25) is 5.02 Å². The molecule has 1 amide bonds. The van der Waals surface area contributed by atoms with Gasteiger partial charge in [-0.1, -0.05) is 17.7 Å². The summed E-state index contributed by atoms with van der Waals surface area (Å²) in [6.45, 7) is 1.52. The van der Waals surface area contributed by atoms with Gasteiger partial charge < -0.3 is 14.8 Å². The van der Waals surface area contributed by atoms with Gasteiger partial charge >= 0.3 is 5.97 Å². The van der Waals surface area contributed by atoms with E-state index < -0.39 is 23.8 Å². The first kappa shape index (κ1) is 17.7. The summed E-state index contributed by atoms with van der Waals surface area (Å²) >= 11 is 5.66. The molecular formula is C17H15ClFNO4. The SMILES string of the molecule is COC(=O)c1ccc(OC(C)C(=O)Nc2cccc(Cl)c2F)cc1. The average molecular weight is 352 g/mol. The summed E-state index contributed by atoms with van der Waals surface area (Å²) in [5, 5.41) is 2.33. The summed E-state index contributed by atoms with van der Waals surface area (Å²) < 4.78 is 23.8. The summed E-state index contributed by atoms with van der Waals surface area (Å²) in [7, 11) is 1.29. The highest BCUT2D eigenvalue weighted by atomic mass is 35.5. The highest BCUT2D eigenvalue weighted by molar-refractivity contribution is 6.31. The molecule has 0 fully saturated rings. The van der Waals surface area contributed by atoms with Crippen LogP contribution in [0.5, 0.6) is 5.75 Å². The van der Waals surface area contributed by atoms with Gasteiger partial charge in [0.1, 0.15) is 5.75 Å². The number of nitrogens with one attached hydrogen (secondary N) is 1. The average Bonchev–Trinajstić information content (AvgIpc) is 2.58. The standard InChI is InChI=1S/C17H15ClFNO4/c1-10(16(21)20-14-5-3-4-13(18)15(14)19)24-12-8-6-11(7-9-12)17(22)23-2/h3-10H,1-2H3,(H,20,21). The molecule has 7 heteroatoms. The van der Waals surface area contributed by atoms with Crippen LogP contribution in [0.15, 0.2) is 42.5 Å². The van der Waals surface area contributed by atoms with Crippen molar-refractivity contribution in [2.75, 3.05) is 12.4 Å². The predicted molar refractivity (Wildman–Crippen MR) is 87.9 cm³/mol. The lowest BCUT2D eigenvalue weighted by Crippen LogP contribution is -2.30. The van der Waals surface area contributed by atoms with E-state index in [1.54, 1.807) is 0 Å². The Morgan fingerprint density at radius 3 is 2.46 bits per heavy atom. The van der Waals surface area contributed by atoms with Gasteiger partial charge in [0.25, 0.3) is 5.91 Å². The summed E-state index contributed by atoms with van der Waals surface area (Å²) in [5.74, 6) is -1.32. The fraction of sp³-hybridized carbons (Fsp3) is 0.176. The third-order valence-corrected chi connectivity index (χ3v) is 3.46. The van der Waals surface area contributed by atoms with Crippen LogP contribution in [0.4, 0.5) is 10.1 Å². The maximum atomic E-state index is 13.8. The number of ether oxygens (including phenoxy) is 2. The molecule has 1 unspecified atom stereocenters. The number of carbonyl (C=O) groups is 2. The molecule has 1 atom stereocenters. The minimum atomic E-state index is -0.882. The molecule has 0 saturated carbocycles. The molecule has 2 aromatic carbocycles. The smallest absolute Gasteiger partial charge is 0.337 e. The van der Waals surface area contributed by atoms with Crippen LogP contribution in [-0.2, 0) is 9.53 Å². The first-order valence-electron chi connectivity index (χ1n) is 7.02. The fourth-order valence-electron chi connectivity index (χ4n) is 1.88. The predicted octanol–water partition coefficient (Wildman–Crippen LogP) is 3.67. The lowest BCUT2D eigenvalue weighted by Gasteiger charge is -2.15. The Balaban J connectivity index is 2.01. The van der Waals surface area contributed by atoms with Gasteiger partial charge in [0, 0.05) is 0 Å². The Bertz CT molecular complexity index is 749. The molecule has 0 aliphatic carbocycles. The largest absolute Gasteiger partial charge is 0.481 e. The molecule has 2 aromatic rings. The van der Waals surface area contributed by atoms with E-state index in [9.17, 15) is 14.0 Å². The zero-order valence-corrected chi connectivity index (χ0v) is 13.8. The second-order valence-corrected chi connectivity index (χ2v) is 5.27. The molecule has 0 heterocycles. The quantitative estimate of drug-likeness (QED) is 0.835. The maximum absolute atomic E-state index is 13.8. The van der Waals surface area contributed by atoms with E-state index in [-0.39, 0.29) is 10.7 Å². The summed E-state index contributed by atoms with van der Waals surface area (Å²) in [6, 6.07) is 10.4. The molecule has 0 spiro atoms. The second-order valence-electron chi connectivity index (χ2n) is 4.87. The zero-order chi connectivity index (χ0) is 17.7. The number of benzene rings is 2. The van der Waals surface area contributed by atoms with Crippen molar-refractivity contribution in [2.24, 2.45) is 0 Å². The van der Waals surface area contributed by atoms with E-state index >= 15 is 0 Å². The Morgan fingerprint density at radius 2 is 1.83 bits per heavy atom. The van der Waals surface area contributed by atoms with Crippen molar-refractivity contribution in [3.8, 4) is 5.75 Å².